The summed E-state index contributed by atoms with van der Waals surface area (Å²) in [5.41, 5.74) is 0.485. The quantitative estimate of drug-likeness (QED) is 0.848. The predicted molar refractivity (Wildman–Crippen MR) is 68.0 cm³/mol. The summed E-state index contributed by atoms with van der Waals surface area (Å²) in [6.45, 7) is 0.305. The van der Waals surface area contributed by atoms with Gasteiger partial charge < -0.3 is 5.32 Å². The van der Waals surface area contributed by atoms with E-state index in [1.807, 2.05) is 0 Å². The van der Waals surface area contributed by atoms with Gasteiger partial charge in [-0.15, -0.1) is 0 Å². The summed E-state index contributed by atoms with van der Waals surface area (Å²) in [6, 6.07) is 10.1. The summed E-state index contributed by atoms with van der Waals surface area (Å²) in [5, 5.41) is 3.48. The lowest BCUT2D eigenvalue weighted by atomic mass is 10.2. The van der Waals surface area contributed by atoms with E-state index in [1.165, 1.54) is 6.07 Å². The van der Waals surface area contributed by atoms with Gasteiger partial charge in [0.05, 0.1) is 5.02 Å². The van der Waals surface area contributed by atoms with Crippen molar-refractivity contribution in [2.24, 2.45) is 0 Å². The van der Waals surface area contributed by atoms with Crippen LogP contribution >= 0.6 is 23.2 Å². The molecule has 0 atom stereocenters. The van der Waals surface area contributed by atoms with E-state index >= 15 is 0 Å². The molecule has 88 valence electrons. The summed E-state index contributed by atoms with van der Waals surface area (Å²) < 4.78 is 13.6. The molecular formula is C12H9Cl2FN2. The summed E-state index contributed by atoms with van der Waals surface area (Å²) in [6.07, 6.45) is 0. The molecule has 0 aliphatic heterocycles. The van der Waals surface area contributed by atoms with E-state index in [0.717, 1.165) is 0 Å². The molecule has 0 amide bonds. The zero-order valence-electron chi connectivity index (χ0n) is 8.75. The maximum absolute atomic E-state index is 13.6. The Morgan fingerprint density at radius 2 is 1.88 bits per heavy atom. The maximum Gasteiger partial charge on any atom is 0.146 e. The van der Waals surface area contributed by atoms with E-state index in [-0.39, 0.29) is 5.02 Å². The molecule has 2 rings (SSSR count). The van der Waals surface area contributed by atoms with Crippen LogP contribution in [0, 0.1) is 5.82 Å². The molecule has 1 aromatic heterocycles. The van der Waals surface area contributed by atoms with Crippen molar-refractivity contribution in [1.29, 1.82) is 0 Å². The molecule has 1 aromatic carbocycles. The van der Waals surface area contributed by atoms with E-state index in [2.05, 4.69) is 10.3 Å². The number of nitrogens with one attached hydrogen (secondary N) is 1. The summed E-state index contributed by atoms with van der Waals surface area (Å²) in [5.74, 6) is 0.181. The van der Waals surface area contributed by atoms with E-state index in [9.17, 15) is 4.39 Å². The Balaban J connectivity index is 2.10. The van der Waals surface area contributed by atoms with E-state index in [4.69, 9.17) is 23.2 Å². The molecule has 1 N–H and O–H groups in total. The molecule has 0 aliphatic rings. The molecule has 2 aromatic rings. The third kappa shape index (κ3) is 3.08. The number of rotatable bonds is 3. The van der Waals surface area contributed by atoms with Crippen LogP contribution < -0.4 is 5.32 Å². The first-order valence-corrected chi connectivity index (χ1v) is 5.72. The minimum Gasteiger partial charge on any atom is -0.366 e. The fraction of sp³-hybridized carbons (Fsp3) is 0.0833. The van der Waals surface area contributed by atoms with Gasteiger partial charge in [0.25, 0.3) is 0 Å². The van der Waals surface area contributed by atoms with Crippen LogP contribution in [0.1, 0.15) is 5.56 Å². The van der Waals surface area contributed by atoms with Crippen molar-refractivity contribution in [1.82, 2.24) is 4.98 Å². The summed E-state index contributed by atoms with van der Waals surface area (Å²) in [7, 11) is 0. The van der Waals surface area contributed by atoms with Crippen LogP contribution in [0.3, 0.4) is 0 Å². The van der Waals surface area contributed by atoms with Gasteiger partial charge in [-0.05, 0) is 18.2 Å². The fourth-order valence-corrected chi connectivity index (χ4v) is 1.74. The molecule has 0 bridgehead atoms. The Hall–Kier alpha value is -1.32. The van der Waals surface area contributed by atoms with Crippen molar-refractivity contribution in [3.63, 3.8) is 0 Å². The van der Waals surface area contributed by atoms with Gasteiger partial charge in [0.1, 0.15) is 16.8 Å². The number of benzene rings is 1. The molecule has 0 unspecified atom stereocenters. The van der Waals surface area contributed by atoms with Crippen molar-refractivity contribution in [3.8, 4) is 0 Å². The van der Waals surface area contributed by atoms with Crippen LogP contribution in [-0.4, -0.2) is 4.98 Å². The molecule has 0 spiro atoms. The Labute approximate surface area is 108 Å². The monoisotopic (exact) mass is 270 g/mol. The number of hydrogen-bond donors (Lipinski definition) is 1. The summed E-state index contributed by atoms with van der Waals surface area (Å²) in [4.78, 5) is 4.04. The molecule has 1 heterocycles. The Bertz CT molecular complexity index is 532. The minimum atomic E-state index is -0.413. The van der Waals surface area contributed by atoms with Crippen LogP contribution in [-0.2, 0) is 6.54 Å². The van der Waals surface area contributed by atoms with Gasteiger partial charge in [0, 0.05) is 12.1 Å². The normalized spacial score (nSPS) is 10.3. The number of nitrogens with zero attached hydrogens (tertiary/aromatic N) is 1. The highest BCUT2D eigenvalue weighted by Gasteiger charge is 2.05. The smallest absolute Gasteiger partial charge is 0.146 e. The van der Waals surface area contributed by atoms with Gasteiger partial charge in [-0.25, -0.2) is 9.37 Å². The predicted octanol–water partition coefficient (Wildman–Crippen LogP) is 4.14. The Kier molecular flexibility index (Phi) is 3.82. The molecule has 5 heteroatoms. The second-order valence-corrected chi connectivity index (χ2v) is 4.21. The SMILES string of the molecule is Fc1c(Cl)cccc1CNc1cccc(Cl)n1. The molecule has 2 nitrogen and oxygen atoms in total. The number of hydrogen-bond acceptors (Lipinski definition) is 2. The van der Waals surface area contributed by atoms with Gasteiger partial charge in [-0.1, -0.05) is 41.4 Å². The second kappa shape index (κ2) is 5.34. The van der Waals surface area contributed by atoms with Gasteiger partial charge in [0.2, 0.25) is 0 Å². The third-order valence-corrected chi connectivity index (χ3v) is 2.71. The van der Waals surface area contributed by atoms with Crippen LogP contribution in [0.25, 0.3) is 0 Å². The van der Waals surface area contributed by atoms with Crippen molar-refractivity contribution in [2.75, 3.05) is 5.32 Å². The third-order valence-electron chi connectivity index (χ3n) is 2.21. The molecule has 0 aliphatic carbocycles. The Morgan fingerprint density at radius 3 is 2.65 bits per heavy atom. The first kappa shape index (κ1) is 12.1. The lowest BCUT2D eigenvalue weighted by molar-refractivity contribution is 0.613. The van der Waals surface area contributed by atoms with Gasteiger partial charge in [-0.3, -0.25) is 0 Å². The molecule has 0 saturated carbocycles. The van der Waals surface area contributed by atoms with E-state index in [0.29, 0.717) is 23.1 Å². The van der Waals surface area contributed by atoms with Crippen molar-refractivity contribution in [2.45, 2.75) is 6.54 Å². The maximum atomic E-state index is 13.6. The van der Waals surface area contributed by atoms with Gasteiger partial charge >= 0.3 is 0 Å². The minimum absolute atomic E-state index is 0.114. The second-order valence-electron chi connectivity index (χ2n) is 3.41. The van der Waals surface area contributed by atoms with Crippen LogP contribution in [0.15, 0.2) is 36.4 Å². The lowest BCUT2D eigenvalue weighted by Gasteiger charge is -2.07. The van der Waals surface area contributed by atoms with Gasteiger partial charge in [0.15, 0.2) is 0 Å². The number of pyridine rings is 1. The molecule has 0 saturated heterocycles. The number of halogens is 3. The highest BCUT2D eigenvalue weighted by molar-refractivity contribution is 6.30. The summed E-state index contributed by atoms with van der Waals surface area (Å²) >= 11 is 11.4. The van der Waals surface area contributed by atoms with Gasteiger partial charge in [-0.2, -0.15) is 0 Å². The highest BCUT2D eigenvalue weighted by atomic mass is 35.5. The van der Waals surface area contributed by atoms with Crippen molar-refractivity contribution < 1.29 is 4.39 Å². The van der Waals surface area contributed by atoms with Crippen LogP contribution in [0.2, 0.25) is 10.2 Å². The van der Waals surface area contributed by atoms with Crippen molar-refractivity contribution >= 4 is 29.0 Å². The number of aromatic nitrogens is 1. The lowest BCUT2D eigenvalue weighted by Crippen LogP contribution is -2.03. The first-order valence-electron chi connectivity index (χ1n) is 4.96. The highest BCUT2D eigenvalue weighted by Crippen LogP contribution is 2.19. The van der Waals surface area contributed by atoms with Crippen molar-refractivity contribution in [3.05, 3.63) is 58.0 Å². The molecular weight excluding hydrogens is 262 g/mol. The zero-order valence-corrected chi connectivity index (χ0v) is 10.3. The average molecular weight is 271 g/mol. The van der Waals surface area contributed by atoms with Crippen LogP contribution in [0.4, 0.5) is 10.2 Å². The van der Waals surface area contributed by atoms with E-state index < -0.39 is 5.82 Å². The average Bonchev–Trinajstić information content (AvgIpc) is 2.31. The topological polar surface area (TPSA) is 24.9 Å². The van der Waals surface area contributed by atoms with Crippen LogP contribution in [0.5, 0.6) is 0 Å². The zero-order chi connectivity index (χ0) is 12.3. The fourth-order valence-electron chi connectivity index (χ4n) is 1.38. The molecule has 17 heavy (non-hydrogen) atoms. The molecule has 0 radical (unpaired) electrons. The first-order chi connectivity index (χ1) is 8.16. The standard InChI is InChI=1S/C12H9Cl2FN2/c13-9-4-1-3-8(12(9)15)7-16-11-6-2-5-10(14)17-11/h1-6H,7H2,(H,16,17). The Morgan fingerprint density at radius 1 is 1.12 bits per heavy atom. The van der Waals surface area contributed by atoms with E-state index in [1.54, 1.807) is 30.3 Å². The largest absolute Gasteiger partial charge is 0.366 e. The molecule has 0 fully saturated rings. The number of anilines is 1.